The number of rotatable bonds is 8. The van der Waals surface area contributed by atoms with Crippen molar-refractivity contribution in [2.75, 3.05) is 11.5 Å². The smallest absolute Gasteiger partial charge is 0.349 e. The first kappa shape index (κ1) is 33.7. The average molecular weight is 648 g/mol. The number of carbonyl (C=O) groups excluding carboxylic acids is 1. The molecule has 0 saturated heterocycles. The second-order valence-electron chi connectivity index (χ2n) is 8.52. The van der Waals surface area contributed by atoms with Crippen LogP contribution in [0.1, 0.15) is 39.9 Å². The first-order chi connectivity index (χ1) is 18.0. The van der Waals surface area contributed by atoms with Crippen molar-refractivity contribution in [2.45, 2.75) is 37.4 Å². The number of hydrogen-bond donors (Lipinski definition) is 1. The van der Waals surface area contributed by atoms with E-state index in [9.17, 15) is 57.1 Å². The number of hydrogen-bond acceptors (Lipinski definition) is 3. The predicted molar refractivity (Wildman–Crippen MR) is 127 cm³/mol. The van der Waals surface area contributed by atoms with E-state index in [1.54, 1.807) is 0 Å². The molecule has 40 heavy (non-hydrogen) atoms. The van der Waals surface area contributed by atoms with E-state index in [0.717, 1.165) is 13.0 Å². The summed E-state index contributed by atoms with van der Waals surface area (Å²) in [7, 11) is -4.77. The molecule has 1 unspecified atom stereocenters. The number of carbonyl (C=O) groups is 1. The number of alkyl halides is 9. The lowest BCUT2D eigenvalue weighted by Gasteiger charge is -2.19. The molecule has 2 aromatic carbocycles. The molecule has 1 N–H and O–H groups in total. The number of allylic oxidation sites excluding steroid dienone is 1. The third-order valence-electron chi connectivity index (χ3n) is 5.06. The van der Waals surface area contributed by atoms with Crippen molar-refractivity contribution in [3.05, 3.63) is 74.5 Å². The maximum absolute atomic E-state index is 13.7. The van der Waals surface area contributed by atoms with E-state index in [0.29, 0.717) is 36.4 Å². The third-order valence-corrected chi connectivity index (χ3v) is 7.38. The van der Waals surface area contributed by atoms with Crippen molar-refractivity contribution in [1.82, 2.24) is 5.32 Å². The predicted octanol–water partition coefficient (Wildman–Crippen LogP) is 7.61. The third kappa shape index (κ3) is 9.54. The highest BCUT2D eigenvalue weighted by atomic mass is 35.5. The number of halogens is 12. The van der Waals surface area contributed by atoms with Gasteiger partial charge in [-0.3, -0.25) is 4.79 Å². The van der Waals surface area contributed by atoms with Crippen molar-refractivity contribution in [3.8, 4) is 0 Å². The molecule has 2 aromatic rings. The van der Waals surface area contributed by atoms with Crippen LogP contribution >= 0.6 is 23.2 Å². The lowest BCUT2D eigenvalue weighted by Crippen LogP contribution is -2.40. The Morgan fingerprint density at radius 2 is 1.52 bits per heavy atom. The zero-order valence-corrected chi connectivity index (χ0v) is 22.1. The Balaban J connectivity index is 2.39. The Hall–Kier alpha value is -2.52. The minimum Gasteiger partial charge on any atom is -0.349 e. The van der Waals surface area contributed by atoms with Gasteiger partial charge in [-0.2, -0.15) is 39.5 Å². The maximum atomic E-state index is 13.7. The van der Waals surface area contributed by atoms with Crippen LogP contribution in [-0.2, 0) is 16.0 Å². The van der Waals surface area contributed by atoms with Gasteiger partial charge < -0.3 is 5.32 Å². The molecule has 0 spiro atoms. The van der Waals surface area contributed by atoms with Gasteiger partial charge in [0.2, 0.25) is 0 Å². The van der Waals surface area contributed by atoms with Crippen molar-refractivity contribution in [1.29, 1.82) is 0 Å². The number of amides is 1. The van der Waals surface area contributed by atoms with Gasteiger partial charge in [0.05, 0.1) is 32.8 Å². The molecule has 0 fully saturated rings. The summed E-state index contributed by atoms with van der Waals surface area (Å²) in [5.74, 6) is -8.56. The number of nitrogens with one attached hydrogen (secondary N) is 1. The highest BCUT2D eigenvalue weighted by Gasteiger charge is 2.40. The number of sulfone groups is 1. The van der Waals surface area contributed by atoms with Crippen molar-refractivity contribution in [3.63, 3.8) is 0 Å². The van der Waals surface area contributed by atoms with E-state index in [4.69, 9.17) is 23.2 Å². The van der Waals surface area contributed by atoms with E-state index in [1.165, 1.54) is 0 Å². The molecule has 222 valence electrons. The maximum Gasteiger partial charge on any atom is 0.417 e. The van der Waals surface area contributed by atoms with Crippen LogP contribution in [0, 0.1) is 5.82 Å². The molecule has 1 amide bonds. The van der Waals surface area contributed by atoms with Crippen LogP contribution in [-0.4, -0.2) is 44.2 Å². The lowest BCUT2D eigenvalue weighted by molar-refractivity contribution is -0.139. The molecule has 2 atom stereocenters. The highest BCUT2D eigenvalue weighted by Crippen LogP contribution is 2.40. The molecule has 0 aliphatic rings. The quantitative estimate of drug-likeness (QED) is 0.237. The molecule has 0 heterocycles. The van der Waals surface area contributed by atoms with Crippen LogP contribution in [0.5, 0.6) is 0 Å². The topological polar surface area (TPSA) is 63.2 Å². The fraction of sp³-hybridized carbons (Fsp3) is 0.348. The van der Waals surface area contributed by atoms with Crippen LogP contribution in [0.2, 0.25) is 10.0 Å². The summed E-state index contributed by atoms with van der Waals surface area (Å²) in [6.07, 6.45) is -14.2. The molecule has 0 saturated carbocycles. The summed E-state index contributed by atoms with van der Waals surface area (Å²) in [5.41, 5.74) is -3.73. The Morgan fingerprint density at radius 3 is 2.00 bits per heavy atom. The molecular formula is C23H17Cl2F10NO3S. The van der Waals surface area contributed by atoms with Crippen LogP contribution < -0.4 is 5.32 Å². The molecular weight excluding hydrogens is 631 g/mol. The molecule has 17 heteroatoms. The van der Waals surface area contributed by atoms with Gasteiger partial charge in [-0.1, -0.05) is 41.4 Å². The van der Waals surface area contributed by atoms with Crippen molar-refractivity contribution < 1.29 is 57.1 Å². The normalized spacial score (nSPS) is 14.8. The second kappa shape index (κ2) is 12.1. The highest BCUT2D eigenvalue weighted by molar-refractivity contribution is 7.91. The zero-order chi connectivity index (χ0) is 30.8. The SMILES string of the molecule is C[C@H](CS(=O)(=O)CC(F)(F)F)NC(=O)c1ccc(/C=C/C(c2cc(Cl)c(F)c(Cl)c2)C(F)(F)F)cc1C(F)(F)F. The fourth-order valence-corrected chi connectivity index (χ4v) is 5.47. The Morgan fingerprint density at radius 1 is 0.975 bits per heavy atom. The monoisotopic (exact) mass is 647 g/mol. The fourth-order valence-electron chi connectivity index (χ4n) is 3.50. The first-order valence-corrected chi connectivity index (χ1v) is 13.3. The summed E-state index contributed by atoms with van der Waals surface area (Å²) in [5, 5.41) is 0.425. The summed E-state index contributed by atoms with van der Waals surface area (Å²) < 4.78 is 156. The van der Waals surface area contributed by atoms with Crippen molar-refractivity contribution >= 4 is 45.0 Å². The lowest BCUT2D eigenvalue weighted by atomic mass is 9.96. The van der Waals surface area contributed by atoms with Gasteiger partial charge in [0, 0.05) is 6.04 Å². The molecule has 0 radical (unpaired) electrons. The molecule has 2 rings (SSSR count). The van der Waals surface area contributed by atoms with E-state index in [2.05, 4.69) is 0 Å². The number of benzene rings is 2. The van der Waals surface area contributed by atoms with E-state index in [-0.39, 0.29) is 0 Å². The Kier molecular flexibility index (Phi) is 10.2. The summed E-state index contributed by atoms with van der Waals surface area (Å²) in [4.78, 5) is 12.4. The van der Waals surface area contributed by atoms with Gasteiger partial charge in [0.25, 0.3) is 5.91 Å². The van der Waals surface area contributed by atoms with Crippen LogP contribution in [0.15, 0.2) is 36.4 Å². The molecule has 4 nitrogen and oxygen atoms in total. The Bertz CT molecular complexity index is 1360. The van der Waals surface area contributed by atoms with Gasteiger partial charge in [-0.15, -0.1) is 0 Å². The van der Waals surface area contributed by atoms with Crippen molar-refractivity contribution in [2.24, 2.45) is 0 Å². The Labute approximate surface area is 230 Å². The summed E-state index contributed by atoms with van der Waals surface area (Å²) >= 11 is 11.1. The minimum absolute atomic E-state index is 0.342. The second-order valence-corrected chi connectivity index (χ2v) is 11.4. The first-order valence-electron chi connectivity index (χ1n) is 10.7. The van der Waals surface area contributed by atoms with Crippen LogP contribution in [0.3, 0.4) is 0 Å². The van der Waals surface area contributed by atoms with Crippen LogP contribution in [0.4, 0.5) is 43.9 Å². The largest absolute Gasteiger partial charge is 0.417 e. The van der Waals surface area contributed by atoms with Gasteiger partial charge in [0.1, 0.15) is 5.75 Å². The standard InChI is InChI=1S/C23H17Cl2F10NO3S/c1-11(9-40(38,39)10-21(27,28)29)36-20(37)14-4-2-12(6-16(14)23(33,34)35)3-5-15(22(30,31)32)13-7-17(24)19(26)18(25)8-13/h2-8,11,15H,9-10H2,1H3,(H,36,37)/b5-3+/t11-,15?/m1/s1. The van der Waals surface area contributed by atoms with Gasteiger partial charge >= 0.3 is 18.5 Å². The average Bonchev–Trinajstić information content (AvgIpc) is 2.73. The minimum atomic E-state index is -5.22. The summed E-state index contributed by atoms with van der Waals surface area (Å²) in [6, 6.07) is 1.56. The van der Waals surface area contributed by atoms with Crippen LogP contribution in [0.25, 0.3) is 6.08 Å². The molecule has 0 aromatic heterocycles. The zero-order valence-electron chi connectivity index (χ0n) is 19.8. The van der Waals surface area contributed by atoms with E-state index in [1.807, 2.05) is 5.32 Å². The van der Waals surface area contributed by atoms with E-state index < -0.39 is 95.9 Å². The van der Waals surface area contributed by atoms with Gasteiger partial charge in [0.15, 0.2) is 15.7 Å². The molecule has 0 aliphatic carbocycles. The molecule has 0 aliphatic heterocycles. The van der Waals surface area contributed by atoms with Gasteiger partial charge in [-0.25, -0.2) is 12.8 Å². The van der Waals surface area contributed by atoms with E-state index >= 15 is 0 Å². The molecule has 0 bridgehead atoms. The summed E-state index contributed by atoms with van der Waals surface area (Å²) in [6.45, 7) is 0.960. The van der Waals surface area contributed by atoms with Gasteiger partial charge in [-0.05, 0) is 42.3 Å².